The topological polar surface area (TPSA) is 83.5 Å². The first-order valence-corrected chi connectivity index (χ1v) is 11.9. The molecule has 3 aromatic rings. The summed E-state index contributed by atoms with van der Waals surface area (Å²) in [5, 5.41) is 3.12. The smallest absolute Gasteiger partial charge is 0.422 e. The largest absolute Gasteiger partial charge is 0.454 e. The highest BCUT2D eigenvalue weighted by Gasteiger charge is 2.31. The molecule has 0 spiro atoms. The van der Waals surface area contributed by atoms with Gasteiger partial charge >= 0.3 is 18.4 Å². The standard InChI is InChI=1S/C24H21ClF6N6O2/c25-17-6-4-15(5-7-17)12-19(38)36-8-10-37(11-9-36)21-33-20(34-22(35-21)39-14-23(26,27)28)32-18-3-1-2-16(13-18)24(29,30)31/h1-7,13H,8-12,14H2,(H,32,33,34,35). The Balaban J connectivity index is 1.49. The van der Waals surface area contributed by atoms with Gasteiger partial charge in [-0.15, -0.1) is 0 Å². The molecule has 0 unspecified atom stereocenters. The molecule has 1 saturated heterocycles. The summed E-state index contributed by atoms with van der Waals surface area (Å²) in [6.07, 6.45) is -9.10. The minimum Gasteiger partial charge on any atom is -0.454 e. The summed E-state index contributed by atoms with van der Waals surface area (Å²) in [5.41, 5.74) is -0.183. The first-order valence-electron chi connectivity index (χ1n) is 11.5. The quantitative estimate of drug-likeness (QED) is 0.392. The lowest BCUT2D eigenvalue weighted by molar-refractivity contribution is -0.154. The molecule has 1 aliphatic rings. The molecule has 0 saturated carbocycles. The average Bonchev–Trinajstić information content (AvgIpc) is 2.88. The van der Waals surface area contributed by atoms with Gasteiger partial charge in [-0.3, -0.25) is 4.79 Å². The molecule has 0 radical (unpaired) electrons. The SMILES string of the molecule is O=C(Cc1ccc(Cl)cc1)N1CCN(c2nc(Nc3cccc(C(F)(F)F)c3)nc(OCC(F)(F)F)n2)CC1. The minimum absolute atomic E-state index is 0.0404. The molecule has 2 aromatic carbocycles. The van der Waals surface area contributed by atoms with E-state index in [-0.39, 0.29) is 56.1 Å². The molecule has 1 aliphatic heterocycles. The summed E-state index contributed by atoms with van der Waals surface area (Å²) < 4.78 is 82.1. The number of nitrogens with zero attached hydrogens (tertiary/aromatic N) is 5. The lowest BCUT2D eigenvalue weighted by Gasteiger charge is -2.35. The normalized spacial score (nSPS) is 14.3. The highest BCUT2D eigenvalue weighted by atomic mass is 35.5. The number of nitrogens with one attached hydrogen (secondary N) is 1. The van der Waals surface area contributed by atoms with E-state index in [1.54, 1.807) is 34.1 Å². The molecular weight excluding hydrogens is 554 g/mol. The van der Waals surface area contributed by atoms with Crippen molar-refractivity contribution in [3.05, 3.63) is 64.7 Å². The number of anilines is 3. The second-order valence-corrected chi connectivity index (χ2v) is 8.96. The van der Waals surface area contributed by atoms with Crippen molar-refractivity contribution in [2.75, 3.05) is 43.0 Å². The van der Waals surface area contributed by atoms with Crippen molar-refractivity contribution in [1.29, 1.82) is 0 Å². The first kappa shape index (κ1) is 28.2. The molecule has 15 heteroatoms. The van der Waals surface area contributed by atoms with Gasteiger partial charge in [0.25, 0.3) is 0 Å². The highest BCUT2D eigenvalue weighted by Crippen LogP contribution is 2.31. The fourth-order valence-corrected chi connectivity index (χ4v) is 3.83. The van der Waals surface area contributed by atoms with E-state index in [1.807, 2.05) is 0 Å². The van der Waals surface area contributed by atoms with Crippen LogP contribution in [0.2, 0.25) is 5.02 Å². The number of halogens is 7. The molecule has 4 rings (SSSR count). The zero-order valence-electron chi connectivity index (χ0n) is 20.1. The van der Waals surface area contributed by atoms with Gasteiger partial charge in [0, 0.05) is 36.9 Å². The molecular formula is C24H21ClF6N6O2. The Morgan fingerprint density at radius 1 is 0.949 bits per heavy atom. The van der Waals surface area contributed by atoms with Crippen molar-refractivity contribution in [2.45, 2.75) is 18.8 Å². The van der Waals surface area contributed by atoms with Crippen LogP contribution in [0.25, 0.3) is 0 Å². The molecule has 8 nitrogen and oxygen atoms in total. The first-order chi connectivity index (χ1) is 18.4. The monoisotopic (exact) mass is 574 g/mol. The number of alkyl halides is 6. The predicted molar refractivity (Wildman–Crippen MR) is 130 cm³/mol. The van der Waals surface area contributed by atoms with Gasteiger partial charge < -0.3 is 19.9 Å². The van der Waals surface area contributed by atoms with Crippen molar-refractivity contribution in [3.63, 3.8) is 0 Å². The lowest BCUT2D eigenvalue weighted by Crippen LogP contribution is -2.49. The van der Waals surface area contributed by atoms with E-state index < -0.39 is 30.5 Å². The summed E-state index contributed by atoms with van der Waals surface area (Å²) in [6, 6.07) is 10.4. The third-order valence-corrected chi connectivity index (χ3v) is 5.85. The van der Waals surface area contributed by atoms with Crippen LogP contribution in [0.1, 0.15) is 11.1 Å². The van der Waals surface area contributed by atoms with E-state index in [2.05, 4.69) is 25.0 Å². The zero-order valence-corrected chi connectivity index (χ0v) is 20.8. The maximum absolute atomic E-state index is 13.1. The van der Waals surface area contributed by atoms with Crippen molar-refractivity contribution in [3.8, 4) is 6.01 Å². The van der Waals surface area contributed by atoms with Gasteiger partial charge in [0.05, 0.1) is 12.0 Å². The van der Waals surface area contributed by atoms with Crippen molar-refractivity contribution >= 4 is 35.1 Å². The number of amides is 1. The van der Waals surface area contributed by atoms with Gasteiger partial charge in [-0.1, -0.05) is 29.8 Å². The van der Waals surface area contributed by atoms with E-state index in [0.29, 0.717) is 5.02 Å². The maximum atomic E-state index is 13.1. The number of hydrogen-bond donors (Lipinski definition) is 1. The van der Waals surface area contributed by atoms with E-state index in [9.17, 15) is 31.1 Å². The Morgan fingerprint density at radius 3 is 2.28 bits per heavy atom. The highest BCUT2D eigenvalue weighted by molar-refractivity contribution is 6.30. The Bertz CT molecular complexity index is 1300. The molecule has 0 aliphatic carbocycles. The van der Waals surface area contributed by atoms with Gasteiger partial charge in [-0.2, -0.15) is 41.3 Å². The number of piperazine rings is 1. The molecule has 1 fully saturated rings. The second kappa shape index (κ2) is 11.5. The van der Waals surface area contributed by atoms with E-state index >= 15 is 0 Å². The number of carbonyl (C=O) groups is 1. The Labute approximate surface area is 223 Å². The molecule has 2 heterocycles. The van der Waals surface area contributed by atoms with Crippen LogP contribution in [-0.4, -0.2) is 64.7 Å². The second-order valence-electron chi connectivity index (χ2n) is 8.52. The van der Waals surface area contributed by atoms with Crippen LogP contribution >= 0.6 is 11.6 Å². The van der Waals surface area contributed by atoms with Crippen LogP contribution in [0.15, 0.2) is 48.5 Å². The number of carbonyl (C=O) groups excluding carboxylic acids is 1. The fourth-order valence-electron chi connectivity index (χ4n) is 3.70. The number of benzene rings is 2. The van der Waals surface area contributed by atoms with Gasteiger partial charge in [-0.05, 0) is 35.9 Å². The maximum Gasteiger partial charge on any atom is 0.422 e. The Morgan fingerprint density at radius 2 is 1.64 bits per heavy atom. The minimum atomic E-state index is -4.67. The van der Waals surface area contributed by atoms with Crippen molar-refractivity contribution < 1.29 is 35.9 Å². The van der Waals surface area contributed by atoms with Crippen LogP contribution in [0.5, 0.6) is 6.01 Å². The van der Waals surface area contributed by atoms with E-state index in [0.717, 1.165) is 23.8 Å². The van der Waals surface area contributed by atoms with Crippen LogP contribution in [0.4, 0.5) is 43.9 Å². The third-order valence-electron chi connectivity index (χ3n) is 5.60. The third kappa shape index (κ3) is 8.09. The summed E-state index contributed by atoms with van der Waals surface area (Å²) in [7, 11) is 0. The van der Waals surface area contributed by atoms with Gasteiger partial charge in [0.2, 0.25) is 17.8 Å². The molecule has 0 atom stereocenters. The zero-order chi connectivity index (χ0) is 28.2. The molecule has 208 valence electrons. The molecule has 1 amide bonds. The van der Waals surface area contributed by atoms with Crippen LogP contribution in [0, 0.1) is 0 Å². The number of hydrogen-bond acceptors (Lipinski definition) is 7. The van der Waals surface area contributed by atoms with E-state index in [4.69, 9.17) is 11.6 Å². The van der Waals surface area contributed by atoms with E-state index in [1.165, 1.54) is 6.07 Å². The fraction of sp³-hybridized carbons (Fsp3) is 0.333. The van der Waals surface area contributed by atoms with Crippen LogP contribution in [0.3, 0.4) is 0 Å². The van der Waals surface area contributed by atoms with Crippen molar-refractivity contribution in [2.24, 2.45) is 0 Å². The van der Waals surface area contributed by atoms with Gasteiger partial charge in [0.1, 0.15) is 0 Å². The lowest BCUT2D eigenvalue weighted by atomic mass is 10.1. The van der Waals surface area contributed by atoms with Crippen LogP contribution < -0.4 is 15.0 Å². The van der Waals surface area contributed by atoms with Gasteiger partial charge in [-0.25, -0.2) is 0 Å². The summed E-state index contributed by atoms with van der Waals surface area (Å²) >= 11 is 5.87. The molecule has 1 aromatic heterocycles. The van der Waals surface area contributed by atoms with Gasteiger partial charge in [0.15, 0.2) is 6.61 Å². The van der Waals surface area contributed by atoms with Crippen molar-refractivity contribution in [1.82, 2.24) is 19.9 Å². The molecule has 0 bridgehead atoms. The molecule has 39 heavy (non-hydrogen) atoms. The average molecular weight is 575 g/mol. The number of rotatable bonds is 7. The summed E-state index contributed by atoms with van der Waals surface area (Å²) in [4.78, 5) is 27.8. The Kier molecular flexibility index (Phi) is 8.33. The summed E-state index contributed by atoms with van der Waals surface area (Å²) in [6.45, 7) is -0.608. The predicted octanol–water partition coefficient (Wildman–Crippen LogP) is 5.12. The Hall–Kier alpha value is -3.81. The number of ether oxygens (including phenoxy) is 1. The van der Waals surface area contributed by atoms with Crippen LogP contribution in [-0.2, 0) is 17.4 Å². The summed E-state index contributed by atoms with van der Waals surface area (Å²) in [5.74, 6) is -0.479. The number of aromatic nitrogens is 3. The molecule has 1 N–H and O–H groups in total.